The Morgan fingerprint density at radius 2 is 1.93 bits per heavy atom. The van der Waals surface area contributed by atoms with Gasteiger partial charge >= 0.3 is 0 Å². The van der Waals surface area contributed by atoms with E-state index in [2.05, 4.69) is 11.8 Å². The Balaban J connectivity index is 2.56. The highest BCUT2D eigenvalue weighted by Gasteiger charge is 2.43. The van der Waals surface area contributed by atoms with Crippen LogP contribution in [0.25, 0.3) is 0 Å². The topological polar surface area (TPSA) is 20.3 Å². The second kappa shape index (κ2) is 3.27. The molecule has 0 spiro atoms. The summed E-state index contributed by atoms with van der Waals surface area (Å²) >= 11 is 0. The first-order valence-corrected chi connectivity index (χ1v) is 4.71. The molecule has 3 heteroatoms. The summed E-state index contributed by atoms with van der Waals surface area (Å²) in [6.45, 7) is 7.48. The Morgan fingerprint density at radius 1 is 1.43 bits per heavy atom. The van der Waals surface area contributed by atoms with E-state index < -0.39 is 5.67 Å². The molecule has 1 saturated heterocycles. The molecule has 1 aliphatic rings. The number of hydrogen-bond acceptors (Lipinski definition) is 1. The zero-order valence-corrected chi connectivity index (χ0v) is 9.15. The molecule has 1 amide bonds. The molecule has 0 radical (unpaired) electrons. The molecule has 2 nitrogen and oxygen atoms in total. The lowest BCUT2D eigenvalue weighted by Crippen LogP contribution is -2.59. The Labute approximate surface area is 84.5 Å². The average Bonchev–Trinajstić information content (AvgIpc) is 1.93. The molecule has 1 fully saturated rings. The third-order valence-electron chi connectivity index (χ3n) is 1.99. The van der Waals surface area contributed by atoms with Crippen molar-refractivity contribution >= 4 is 5.91 Å². The van der Waals surface area contributed by atoms with Gasteiger partial charge in [0.15, 0.2) is 0 Å². The molecule has 1 heterocycles. The summed E-state index contributed by atoms with van der Waals surface area (Å²) in [5.74, 6) is 5.38. The molecule has 0 saturated carbocycles. The number of likely N-dealkylation sites (tertiary alicyclic amines) is 1. The van der Waals surface area contributed by atoms with Gasteiger partial charge in [0, 0.05) is 12.3 Å². The number of halogens is 1. The monoisotopic (exact) mass is 197 g/mol. The molecular formula is C11H16FNO. The zero-order chi connectivity index (χ0) is 11.0. The van der Waals surface area contributed by atoms with Crippen molar-refractivity contribution in [2.75, 3.05) is 13.1 Å². The first-order chi connectivity index (χ1) is 6.22. The van der Waals surface area contributed by atoms with E-state index in [0.29, 0.717) is 0 Å². The van der Waals surface area contributed by atoms with Crippen molar-refractivity contribution in [1.29, 1.82) is 0 Å². The first kappa shape index (κ1) is 11.0. The number of nitrogens with zero attached hydrogens (tertiary/aromatic N) is 1. The molecule has 1 rings (SSSR count). The van der Waals surface area contributed by atoms with Gasteiger partial charge in [-0.25, -0.2) is 4.39 Å². The van der Waals surface area contributed by atoms with Gasteiger partial charge in [-0.2, -0.15) is 0 Å². The molecule has 0 aliphatic carbocycles. The number of hydrogen-bond donors (Lipinski definition) is 0. The highest BCUT2D eigenvalue weighted by molar-refractivity contribution is 5.75. The van der Waals surface area contributed by atoms with Gasteiger partial charge in [-0.15, -0.1) is 0 Å². The lowest BCUT2D eigenvalue weighted by molar-refractivity contribution is -0.138. The first-order valence-electron chi connectivity index (χ1n) is 4.71. The highest BCUT2D eigenvalue weighted by Crippen LogP contribution is 2.25. The molecule has 0 aromatic carbocycles. The lowest BCUT2D eigenvalue weighted by atomic mass is 9.92. The van der Waals surface area contributed by atoms with E-state index in [-0.39, 0.29) is 24.4 Å². The Hall–Kier alpha value is -1.04. The summed E-state index contributed by atoms with van der Waals surface area (Å²) in [5.41, 5.74) is -1.66. The van der Waals surface area contributed by atoms with E-state index in [0.717, 1.165) is 0 Å². The van der Waals surface area contributed by atoms with E-state index in [1.165, 1.54) is 11.8 Å². The van der Waals surface area contributed by atoms with Crippen molar-refractivity contribution in [1.82, 2.24) is 4.90 Å². The van der Waals surface area contributed by atoms with Gasteiger partial charge in [-0.3, -0.25) is 4.79 Å². The van der Waals surface area contributed by atoms with Crippen molar-refractivity contribution in [2.45, 2.75) is 33.4 Å². The third kappa shape index (κ3) is 2.73. The number of alkyl halides is 1. The minimum atomic E-state index is -1.47. The van der Waals surface area contributed by atoms with Gasteiger partial charge in [-0.05, 0) is 20.8 Å². The maximum atomic E-state index is 13.7. The second-order valence-corrected chi connectivity index (χ2v) is 4.84. The normalized spacial score (nSPS) is 19.4. The molecule has 0 aromatic heterocycles. The van der Waals surface area contributed by atoms with Gasteiger partial charge in [0.25, 0.3) is 0 Å². The van der Waals surface area contributed by atoms with Crippen LogP contribution >= 0.6 is 0 Å². The van der Waals surface area contributed by atoms with Gasteiger partial charge in [0.2, 0.25) is 11.6 Å². The van der Waals surface area contributed by atoms with Crippen molar-refractivity contribution in [3.8, 4) is 11.8 Å². The summed E-state index contributed by atoms with van der Waals surface area (Å²) in [6.07, 6.45) is 0. The molecular weight excluding hydrogens is 181 g/mol. The van der Waals surface area contributed by atoms with Crippen molar-refractivity contribution in [3.05, 3.63) is 0 Å². The standard InChI is InChI=1S/C11H16FNO/c1-9(14)13-7-11(12,8-13)6-5-10(2,3)4/h7-8H2,1-4H3. The largest absolute Gasteiger partial charge is 0.334 e. The molecule has 0 aromatic rings. The van der Waals surface area contributed by atoms with Crippen LogP contribution in [0.4, 0.5) is 4.39 Å². The number of amides is 1. The van der Waals surface area contributed by atoms with Gasteiger partial charge < -0.3 is 4.90 Å². The third-order valence-corrected chi connectivity index (χ3v) is 1.99. The van der Waals surface area contributed by atoms with E-state index in [9.17, 15) is 9.18 Å². The summed E-state index contributed by atoms with van der Waals surface area (Å²) in [7, 11) is 0. The van der Waals surface area contributed by atoms with E-state index >= 15 is 0 Å². The maximum absolute atomic E-state index is 13.7. The predicted molar refractivity (Wildman–Crippen MR) is 53.3 cm³/mol. The van der Waals surface area contributed by atoms with E-state index in [4.69, 9.17) is 0 Å². The number of carbonyl (C=O) groups excluding carboxylic acids is 1. The summed E-state index contributed by atoms with van der Waals surface area (Å²) in [4.78, 5) is 12.3. The Morgan fingerprint density at radius 3 is 2.29 bits per heavy atom. The molecule has 0 bridgehead atoms. The van der Waals surface area contributed by atoms with Crippen LogP contribution in [0.5, 0.6) is 0 Å². The van der Waals surface area contributed by atoms with Gasteiger partial charge in [-0.1, -0.05) is 11.8 Å². The smallest absolute Gasteiger partial charge is 0.219 e. The molecule has 0 unspecified atom stereocenters. The van der Waals surface area contributed by atoms with Crippen LogP contribution in [0.15, 0.2) is 0 Å². The van der Waals surface area contributed by atoms with Crippen LogP contribution in [0.1, 0.15) is 27.7 Å². The maximum Gasteiger partial charge on any atom is 0.219 e. The SMILES string of the molecule is CC(=O)N1CC(F)(C#CC(C)(C)C)C1. The molecule has 0 atom stereocenters. The van der Waals surface area contributed by atoms with E-state index in [1.807, 2.05) is 20.8 Å². The van der Waals surface area contributed by atoms with Gasteiger partial charge in [0.1, 0.15) is 0 Å². The van der Waals surface area contributed by atoms with Crippen LogP contribution < -0.4 is 0 Å². The number of carbonyl (C=O) groups is 1. The fourth-order valence-electron chi connectivity index (χ4n) is 1.16. The van der Waals surface area contributed by atoms with Crippen LogP contribution in [0.2, 0.25) is 0 Å². The minimum absolute atomic E-state index is 0.0872. The molecule has 1 aliphatic heterocycles. The van der Waals surface area contributed by atoms with Crippen LogP contribution in [-0.2, 0) is 4.79 Å². The second-order valence-electron chi connectivity index (χ2n) is 4.84. The van der Waals surface area contributed by atoms with E-state index in [1.54, 1.807) is 0 Å². The minimum Gasteiger partial charge on any atom is -0.334 e. The summed E-state index contributed by atoms with van der Waals surface area (Å²) < 4.78 is 13.7. The Kier molecular flexibility index (Phi) is 2.58. The molecule has 78 valence electrons. The van der Waals surface area contributed by atoms with Crippen LogP contribution in [0.3, 0.4) is 0 Å². The van der Waals surface area contributed by atoms with Gasteiger partial charge in [0.05, 0.1) is 13.1 Å². The van der Waals surface area contributed by atoms with Crippen molar-refractivity contribution in [2.24, 2.45) is 5.41 Å². The van der Waals surface area contributed by atoms with Crippen molar-refractivity contribution < 1.29 is 9.18 Å². The van der Waals surface area contributed by atoms with Crippen LogP contribution in [0, 0.1) is 17.3 Å². The predicted octanol–water partition coefficient (Wildman–Crippen LogP) is 1.61. The molecule has 14 heavy (non-hydrogen) atoms. The molecule has 0 N–H and O–H groups in total. The fraction of sp³-hybridized carbons (Fsp3) is 0.727. The fourth-order valence-corrected chi connectivity index (χ4v) is 1.16. The highest BCUT2D eigenvalue weighted by atomic mass is 19.1. The summed E-state index contributed by atoms with van der Waals surface area (Å²) in [5, 5.41) is 0. The summed E-state index contributed by atoms with van der Waals surface area (Å²) in [6, 6.07) is 0. The zero-order valence-electron chi connectivity index (χ0n) is 9.15. The number of rotatable bonds is 0. The lowest BCUT2D eigenvalue weighted by Gasteiger charge is -2.40. The average molecular weight is 197 g/mol. The van der Waals surface area contributed by atoms with Crippen LogP contribution in [-0.4, -0.2) is 29.6 Å². The van der Waals surface area contributed by atoms with Crippen molar-refractivity contribution in [3.63, 3.8) is 0 Å². The Bertz CT molecular complexity index is 299. The quantitative estimate of drug-likeness (QED) is 0.540.